The van der Waals surface area contributed by atoms with Crippen molar-refractivity contribution in [2.24, 2.45) is 5.41 Å². The maximum atomic E-state index is 11.8. The maximum absolute atomic E-state index is 11.8. The highest BCUT2D eigenvalue weighted by molar-refractivity contribution is 5.82. The Bertz CT molecular complexity index is 294. The average Bonchev–Trinajstić information content (AvgIpc) is 2.08. The van der Waals surface area contributed by atoms with E-state index in [1.165, 1.54) is 0 Å². The average molecular weight is 204 g/mol. The van der Waals surface area contributed by atoms with Crippen LogP contribution in [0.15, 0.2) is 0 Å². The Morgan fingerprint density at radius 2 is 2.00 bits per heavy atom. The first kappa shape index (κ1) is 8.26. The number of carbonyl (C=O) groups is 2. The van der Waals surface area contributed by atoms with Crippen LogP contribution in [0.5, 0.6) is 0 Å². The summed E-state index contributed by atoms with van der Waals surface area (Å²) < 4.78 is 26.1. The minimum Gasteiger partial charge on any atom is -0.468 e. The lowest BCUT2D eigenvalue weighted by atomic mass is 9.92. The SMILES string of the molecule is [2H]C([2H])([2H])N(CC(=O)OC)C(=O)CC(C)(C)C. The van der Waals surface area contributed by atoms with Gasteiger partial charge in [0.25, 0.3) is 0 Å². The summed E-state index contributed by atoms with van der Waals surface area (Å²) in [6.07, 6.45) is 0.0579. The summed E-state index contributed by atoms with van der Waals surface area (Å²) in [6.45, 7) is 2.28. The van der Waals surface area contributed by atoms with E-state index >= 15 is 0 Å². The second-order valence-electron chi connectivity index (χ2n) is 4.29. The van der Waals surface area contributed by atoms with E-state index in [2.05, 4.69) is 4.74 Å². The van der Waals surface area contributed by atoms with E-state index in [1.807, 2.05) is 20.8 Å². The molecule has 0 aromatic heterocycles. The molecule has 0 saturated carbocycles. The molecule has 0 aliphatic heterocycles. The van der Waals surface area contributed by atoms with E-state index in [1.54, 1.807) is 0 Å². The number of hydrogen-bond donors (Lipinski definition) is 0. The predicted molar refractivity (Wildman–Crippen MR) is 53.7 cm³/mol. The monoisotopic (exact) mass is 204 g/mol. The molecule has 0 radical (unpaired) electrons. The zero-order valence-electron chi connectivity index (χ0n) is 12.1. The van der Waals surface area contributed by atoms with Crippen molar-refractivity contribution in [3.63, 3.8) is 0 Å². The number of methoxy groups -OCH3 is 1. The summed E-state index contributed by atoms with van der Waals surface area (Å²) in [4.78, 5) is 23.5. The molecule has 0 N–H and O–H groups in total. The van der Waals surface area contributed by atoms with Crippen LogP contribution in [0.25, 0.3) is 0 Å². The molecule has 0 unspecified atom stereocenters. The lowest BCUT2D eigenvalue weighted by Gasteiger charge is -2.22. The van der Waals surface area contributed by atoms with Crippen LogP contribution in [0.1, 0.15) is 31.3 Å². The number of amides is 1. The van der Waals surface area contributed by atoms with Gasteiger partial charge < -0.3 is 9.64 Å². The van der Waals surface area contributed by atoms with Crippen LogP contribution in [-0.2, 0) is 14.3 Å². The van der Waals surface area contributed by atoms with Gasteiger partial charge in [-0.05, 0) is 5.41 Å². The van der Waals surface area contributed by atoms with Crippen LogP contribution < -0.4 is 0 Å². The summed E-state index contributed by atoms with van der Waals surface area (Å²) >= 11 is 0. The highest BCUT2D eigenvalue weighted by Crippen LogP contribution is 2.19. The minimum atomic E-state index is -2.63. The molecule has 4 nitrogen and oxygen atoms in total. The third kappa shape index (κ3) is 5.56. The van der Waals surface area contributed by atoms with Gasteiger partial charge in [-0.2, -0.15) is 0 Å². The fourth-order valence-corrected chi connectivity index (χ4v) is 0.831. The van der Waals surface area contributed by atoms with Crippen LogP contribution in [0.3, 0.4) is 0 Å². The fourth-order valence-electron chi connectivity index (χ4n) is 0.831. The Labute approximate surface area is 89.4 Å². The molecule has 0 aromatic rings. The molecule has 1 amide bonds. The molecule has 0 bridgehead atoms. The Kier molecular flexibility index (Phi) is 2.94. The predicted octanol–water partition coefficient (Wildman–Crippen LogP) is 1.05. The van der Waals surface area contributed by atoms with Gasteiger partial charge in [-0.25, -0.2) is 0 Å². The van der Waals surface area contributed by atoms with Crippen molar-refractivity contribution in [1.29, 1.82) is 0 Å². The van der Waals surface area contributed by atoms with E-state index in [0.29, 0.717) is 4.90 Å². The number of nitrogens with zero attached hydrogens (tertiary/aromatic N) is 1. The zero-order valence-corrected chi connectivity index (χ0v) is 9.09. The minimum absolute atomic E-state index is 0.0579. The van der Waals surface area contributed by atoms with Gasteiger partial charge in [0, 0.05) is 17.5 Å². The van der Waals surface area contributed by atoms with Gasteiger partial charge in [0.05, 0.1) is 7.11 Å². The van der Waals surface area contributed by atoms with Crippen molar-refractivity contribution < 1.29 is 18.4 Å². The lowest BCUT2D eigenvalue weighted by Crippen LogP contribution is -2.34. The van der Waals surface area contributed by atoms with E-state index in [9.17, 15) is 9.59 Å². The Morgan fingerprint density at radius 3 is 2.36 bits per heavy atom. The third-order valence-corrected chi connectivity index (χ3v) is 1.50. The van der Waals surface area contributed by atoms with E-state index in [0.717, 1.165) is 7.11 Å². The molecular formula is C10H19NO3. The van der Waals surface area contributed by atoms with Gasteiger partial charge in [-0.3, -0.25) is 9.59 Å². The third-order valence-electron chi connectivity index (χ3n) is 1.50. The standard InChI is InChI=1S/C10H19NO3/c1-10(2,3)6-8(12)11(4)7-9(13)14-5/h6-7H2,1-5H3/i4D3. The summed E-state index contributed by atoms with van der Waals surface area (Å²) in [5.41, 5.74) is -0.337. The molecule has 0 saturated heterocycles. The normalized spacial score (nSPS) is 15.0. The number of ether oxygens (including phenoxy) is 1. The lowest BCUT2D eigenvalue weighted by molar-refractivity contribution is -0.146. The molecular weight excluding hydrogens is 182 g/mol. The molecule has 0 aliphatic rings. The van der Waals surface area contributed by atoms with Gasteiger partial charge in [0.2, 0.25) is 5.91 Å². The largest absolute Gasteiger partial charge is 0.468 e. The first-order valence-electron chi connectivity index (χ1n) is 5.84. The Morgan fingerprint density at radius 1 is 1.43 bits per heavy atom. The molecule has 4 heteroatoms. The van der Waals surface area contributed by atoms with Gasteiger partial charge >= 0.3 is 5.97 Å². The first-order valence-corrected chi connectivity index (χ1v) is 4.34. The van der Waals surface area contributed by atoms with Gasteiger partial charge in [0.15, 0.2) is 0 Å². The van der Waals surface area contributed by atoms with Crippen molar-refractivity contribution in [3.8, 4) is 0 Å². The Hall–Kier alpha value is -1.06. The smallest absolute Gasteiger partial charge is 0.325 e. The van der Waals surface area contributed by atoms with Crippen molar-refractivity contribution in [1.82, 2.24) is 4.90 Å². The van der Waals surface area contributed by atoms with E-state index in [4.69, 9.17) is 4.11 Å². The molecule has 0 heterocycles. The van der Waals surface area contributed by atoms with Crippen LogP contribution in [0.2, 0.25) is 0 Å². The summed E-state index contributed by atoms with van der Waals surface area (Å²) in [5.74, 6) is -1.33. The molecule has 0 spiro atoms. The fraction of sp³-hybridized carbons (Fsp3) is 0.800. The maximum Gasteiger partial charge on any atom is 0.325 e. The summed E-state index contributed by atoms with van der Waals surface area (Å²) in [5, 5.41) is 0. The van der Waals surface area contributed by atoms with Crippen LogP contribution >= 0.6 is 0 Å². The van der Waals surface area contributed by atoms with Gasteiger partial charge in [-0.15, -0.1) is 0 Å². The van der Waals surface area contributed by atoms with E-state index < -0.39 is 25.4 Å². The number of esters is 1. The molecule has 82 valence electrons. The highest BCUT2D eigenvalue weighted by Gasteiger charge is 2.20. The topological polar surface area (TPSA) is 46.6 Å². The van der Waals surface area contributed by atoms with Crippen molar-refractivity contribution in [2.75, 3.05) is 20.6 Å². The van der Waals surface area contributed by atoms with E-state index in [-0.39, 0.29) is 11.8 Å². The second-order valence-corrected chi connectivity index (χ2v) is 4.29. The molecule has 0 aromatic carbocycles. The Balaban J connectivity index is 4.82. The zero-order chi connectivity index (χ0) is 13.9. The van der Waals surface area contributed by atoms with Crippen molar-refractivity contribution in [2.45, 2.75) is 27.2 Å². The van der Waals surface area contributed by atoms with Crippen LogP contribution in [-0.4, -0.2) is 37.4 Å². The van der Waals surface area contributed by atoms with Crippen molar-refractivity contribution >= 4 is 11.9 Å². The van der Waals surface area contributed by atoms with Gasteiger partial charge in [-0.1, -0.05) is 20.8 Å². The quantitative estimate of drug-likeness (QED) is 0.646. The van der Waals surface area contributed by atoms with Crippen LogP contribution in [0.4, 0.5) is 0 Å². The number of carbonyl (C=O) groups excluding carboxylic acids is 2. The first-order chi connectivity index (χ1) is 7.47. The van der Waals surface area contributed by atoms with Crippen molar-refractivity contribution in [3.05, 3.63) is 0 Å². The molecule has 0 atom stereocenters. The molecule has 0 fully saturated rings. The highest BCUT2D eigenvalue weighted by atomic mass is 16.5. The van der Waals surface area contributed by atoms with Gasteiger partial charge in [0.1, 0.15) is 6.54 Å². The number of likely N-dealkylation sites (N-methyl/N-ethyl adjacent to an activating group) is 1. The van der Waals surface area contributed by atoms with Crippen LogP contribution in [0, 0.1) is 5.41 Å². The molecule has 14 heavy (non-hydrogen) atoms. The number of hydrogen-bond acceptors (Lipinski definition) is 3. The second kappa shape index (κ2) is 4.98. The molecule has 0 aliphatic carbocycles. The summed E-state index contributed by atoms with van der Waals surface area (Å²) in [7, 11) is 1.15. The molecule has 0 rings (SSSR count). The number of rotatable bonds is 3. The summed E-state index contributed by atoms with van der Waals surface area (Å²) in [6, 6.07) is 0.